The summed E-state index contributed by atoms with van der Waals surface area (Å²) >= 11 is 0. The number of benzene rings is 1. The number of pyridine rings is 1. The topological polar surface area (TPSA) is 77.0 Å². The van der Waals surface area contributed by atoms with E-state index in [4.69, 9.17) is 4.42 Å². The van der Waals surface area contributed by atoms with E-state index in [0.29, 0.717) is 13.2 Å². The van der Waals surface area contributed by atoms with Crippen molar-refractivity contribution in [1.29, 1.82) is 0 Å². The van der Waals surface area contributed by atoms with Crippen LogP contribution in [0.5, 0.6) is 0 Å². The first-order valence-corrected chi connectivity index (χ1v) is 10.6. The van der Waals surface area contributed by atoms with E-state index in [9.17, 15) is 13.2 Å². The van der Waals surface area contributed by atoms with Gasteiger partial charge in [0.25, 0.3) is 5.56 Å². The Hall–Kier alpha value is -2.42. The molecule has 1 unspecified atom stereocenters. The minimum atomic E-state index is -3.59. The summed E-state index contributed by atoms with van der Waals surface area (Å²) in [6.45, 7) is 3.06. The van der Waals surface area contributed by atoms with Crippen LogP contribution in [0.4, 0.5) is 0 Å². The molecule has 1 aromatic carbocycles. The van der Waals surface area contributed by atoms with Crippen LogP contribution in [-0.2, 0) is 29.7 Å². The van der Waals surface area contributed by atoms with Crippen molar-refractivity contribution < 1.29 is 17.7 Å². The average Bonchev–Trinajstić information content (AvgIpc) is 3.01. The van der Waals surface area contributed by atoms with Gasteiger partial charge in [0.1, 0.15) is 17.9 Å². The molecule has 0 saturated carbocycles. The molecule has 3 rings (SSSR count). The fourth-order valence-electron chi connectivity index (χ4n) is 3.27. The van der Waals surface area contributed by atoms with Crippen molar-refractivity contribution in [2.45, 2.75) is 31.5 Å². The van der Waals surface area contributed by atoms with Gasteiger partial charge in [0, 0.05) is 38.2 Å². The Morgan fingerprint density at radius 1 is 1.14 bits per heavy atom. The summed E-state index contributed by atoms with van der Waals surface area (Å²) in [5.74, 6) is 0.942. The molecule has 7 nitrogen and oxygen atoms in total. The number of hydrogen-bond donors (Lipinski definition) is 1. The summed E-state index contributed by atoms with van der Waals surface area (Å²) in [6, 6.07) is 10.6. The maximum atomic E-state index is 12.4. The molecule has 2 aromatic heterocycles. The fourth-order valence-corrected chi connectivity index (χ4v) is 4.20. The van der Waals surface area contributed by atoms with Crippen LogP contribution >= 0.6 is 0 Å². The number of aromatic nitrogens is 1. The number of quaternary nitrogens is 1. The van der Waals surface area contributed by atoms with Gasteiger partial charge in [-0.25, -0.2) is 12.7 Å². The number of rotatable bonds is 7. The maximum absolute atomic E-state index is 12.4. The van der Waals surface area contributed by atoms with Crippen LogP contribution in [0, 0.1) is 0 Å². The number of furan rings is 1. The Morgan fingerprint density at radius 2 is 1.86 bits per heavy atom. The third-order valence-corrected chi connectivity index (χ3v) is 6.56. The standard InChI is InChI=1S/C20H25N3O4S/c1-5-18-17(16-8-6-7-9-19(16)27-18)13-22(4)14-23-12-15(10-11-20(23)24)28(25,26)21(2)3/h6-12H,5,13-14H2,1-4H3/p+1. The first-order valence-electron chi connectivity index (χ1n) is 9.17. The highest BCUT2D eigenvalue weighted by Crippen LogP contribution is 2.25. The van der Waals surface area contributed by atoms with Crippen LogP contribution in [0.1, 0.15) is 18.2 Å². The molecule has 0 aliphatic rings. The predicted octanol–water partition coefficient (Wildman–Crippen LogP) is 1.08. The molecule has 8 heteroatoms. The second-order valence-electron chi connectivity index (χ2n) is 7.11. The molecular formula is C20H26N3O4S+. The number of nitrogens with zero attached hydrogens (tertiary/aromatic N) is 2. The lowest BCUT2D eigenvalue weighted by molar-refractivity contribution is -0.917. The van der Waals surface area contributed by atoms with Crippen LogP contribution in [0.15, 0.2) is 56.7 Å². The molecule has 2 heterocycles. The molecular weight excluding hydrogens is 378 g/mol. The first kappa shape index (κ1) is 20.3. The molecule has 3 aromatic rings. The van der Waals surface area contributed by atoms with Gasteiger partial charge in [-0.2, -0.15) is 0 Å². The minimum Gasteiger partial charge on any atom is -0.461 e. The summed E-state index contributed by atoms with van der Waals surface area (Å²) in [4.78, 5) is 13.4. The predicted molar refractivity (Wildman–Crippen MR) is 108 cm³/mol. The van der Waals surface area contributed by atoms with Crippen LogP contribution in [-0.4, -0.2) is 38.4 Å². The van der Waals surface area contributed by atoms with E-state index in [1.165, 1.54) is 37.0 Å². The highest BCUT2D eigenvalue weighted by molar-refractivity contribution is 7.89. The molecule has 28 heavy (non-hydrogen) atoms. The lowest BCUT2D eigenvalue weighted by Gasteiger charge is -2.17. The van der Waals surface area contributed by atoms with Gasteiger partial charge in [-0.1, -0.05) is 25.1 Å². The van der Waals surface area contributed by atoms with Gasteiger partial charge in [-0.15, -0.1) is 0 Å². The molecule has 0 saturated heterocycles. The van der Waals surface area contributed by atoms with Crippen LogP contribution in [0.3, 0.4) is 0 Å². The Morgan fingerprint density at radius 3 is 2.54 bits per heavy atom. The molecule has 0 radical (unpaired) electrons. The molecule has 1 N–H and O–H groups in total. The average molecular weight is 405 g/mol. The second-order valence-corrected chi connectivity index (χ2v) is 9.26. The highest BCUT2D eigenvalue weighted by atomic mass is 32.2. The zero-order valence-electron chi connectivity index (χ0n) is 16.6. The zero-order valence-corrected chi connectivity index (χ0v) is 17.4. The van der Waals surface area contributed by atoms with E-state index in [0.717, 1.165) is 37.9 Å². The van der Waals surface area contributed by atoms with E-state index in [1.807, 2.05) is 31.3 Å². The van der Waals surface area contributed by atoms with Gasteiger partial charge in [0.15, 0.2) is 6.67 Å². The van der Waals surface area contributed by atoms with E-state index in [-0.39, 0.29) is 10.5 Å². The number of hydrogen-bond acceptors (Lipinski definition) is 4. The summed E-state index contributed by atoms with van der Waals surface area (Å²) in [5.41, 5.74) is 1.75. The van der Waals surface area contributed by atoms with E-state index >= 15 is 0 Å². The molecule has 0 amide bonds. The van der Waals surface area contributed by atoms with Crippen molar-refractivity contribution in [3.05, 3.63) is 64.3 Å². The quantitative estimate of drug-likeness (QED) is 0.639. The van der Waals surface area contributed by atoms with Crippen LogP contribution in [0.25, 0.3) is 11.0 Å². The number of nitrogens with one attached hydrogen (secondary N) is 1. The van der Waals surface area contributed by atoms with Crippen molar-refractivity contribution in [2.24, 2.45) is 0 Å². The molecule has 0 spiro atoms. The lowest BCUT2D eigenvalue weighted by Crippen LogP contribution is -3.07. The number of fused-ring (bicyclic) bond motifs is 1. The largest absolute Gasteiger partial charge is 0.461 e. The highest BCUT2D eigenvalue weighted by Gasteiger charge is 2.20. The number of sulfonamides is 1. The summed E-state index contributed by atoms with van der Waals surface area (Å²) in [6.07, 6.45) is 2.20. The lowest BCUT2D eigenvalue weighted by atomic mass is 10.1. The molecule has 1 atom stereocenters. The Kier molecular flexibility index (Phi) is 5.74. The van der Waals surface area contributed by atoms with Crippen molar-refractivity contribution in [3.8, 4) is 0 Å². The maximum Gasteiger partial charge on any atom is 0.254 e. The normalized spacial score (nSPS) is 13.3. The monoisotopic (exact) mass is 404 g/mol. The smallest absolute Gasteiger partial charge is 0.254 e. The second kappa shape index (κ2) is 7.90. The van der Waals surface area contributed by atoms with Crippen molar-refractivity contribution in [2.75, 3.05) is 21.1 Å². The van der Waals surface area contributed by atoms with Crippen LogP contribution < -0.4 is 10.5 Å². The van der Waals surface area contributed by atoms with E-state index < -0.39 is 10.0 Å². The first-order chi connectivity index (χ1) is 13.2. The fraction of sp³-hybridized carbons (Fsp3) is 0.350. The van der Waals surface area contributed by atoms with Gasteiger partial charge in [-0.05, 0) is 12.1 Å². The SMILES string of the molecule is CCc1oc2ccccc2c1C[NH+](C)Cn1cc(S(=O)(=O)N(C)C)ccc1=O. The molecule has 0 fully saturated rings. The van der Waals surface area contributed by atoms with Gasteiger partial charge in [0.2, 0.25) is 10.0 Å². The van der Waals surface area contributed by atoms with Gasteiger partial charge < -0.3 is 9.32 Å². The van der Waals surface area contributed by atoms with Crippen LogP contribution in [0.2, 0.25) is 0 Å². The third kappa shape index (κ3) is 3.89. The summed E-state index contributed by atoms with van der Waals surface area (Å²) < 4.78 is 33.2. The van der Waals surface area contributed by atoms with Crippen molar-refractivity contribution in [3.63, 3.8) is 0 Å². The number of para-hydroxylation sites is 1. The van der Waals surface area contributed by atoms with E-state index in [2.05, 4.69) is 6.92 Å². The molecule has 0 aliphatic carbocycles. The van der Waals surface area contributed by atoms with Gasteiger partial charge in [-0.3, -0.25) is 9.36 Å². The van der Waals surface area contributed by atoms with E-state index in [1.54, 1.807) is 0 Å². The van der Waals surface area contributed by atoms with Gasteiger partial charge >= 0.3 is 0 Å². The molecule has 0 bridgehead atoms. The minimum absolute atomic E-state index is 0.105. The Bertz CT molecular complexity index is 1150. The molecule has 0 aliphatic heterocycles. The third-order valence-electron chi connectivity index (χ3n) is 4.76. The number of aryl methyl sites for hydroxylation is 1. The Labute approximate surface area is 164 Å². The van der Waals surface area contributed by atoms with Crippen molar-refractivity contribution in [1.82, 2.24) is 8.87 Å². The van der Waals surface area contributed by atoms with Gasteiger partial charge in [0.05, 0.1) is 17.5 Å². The Balaban J connectivity index is 1.88. The summed E-state index contributed by atoms with van der Waals surface area (Å²) in [7, 11) is 1.32. The zero-order chi connectivity index (χ0) is 20.5. The van der Waals surface area contributed by atoms with Crippen molar-refractivity contribution >= 4 is 21.0 Å². The molecule has 150 valence electrons. The summed E-state index contributed by atoms with van der Waals surface area (Å²) in [5, 5.41) is 1.08.